The lowest BCUT2D eigenvalue weighted by Gasteiger charge is -2.04. The molecule has 0 aliphatic carbocycles. The van der Waals surface area contributed by atoms with Gasteiger partial charge in [0.1, 0.15) is 5.82 Å². The fourth-order valence-corrected chi connectivity index (χ4v) is 1.58. The van der Waals surface area contributed by atoms with Crippen LogP contribution in [0.3, 0.4) is 0 Å². The second-order valence-electron chi connectivity index (χ2n) is 3.76. The van der Waals surface area contributed by atoms with Gasteiger partial charge in [0.2, 0.25) is 0 Å². The maximum atomic E-state index is 13.1. The summed E-state index contributed by atoms with van der Waals surface area (Å²) in [6.07, 6.45) is 1.48. The fourth-order valence-electron chi connectivity index (χ4n) is 1.58. The molecule has 0 atom stereocenters. The molecule has 4 heteroatoms. The standard InChI is InChI=1S/C13H11FN2O/c1-8-12(9(2)17)7-15-13(16-8)10-4-3-5-11(14)6-10/h3-7H,1-2H3. The van der Waals surface area contributed by atoms with Gasteiger partial charge in [-0.15, -0.1) is 0 Å². The highest BCUT2D eigenvalue weighted by molar-refractivity contribution is 5.94. The van der Waals surface area contributed by atoms with E-state index >= 15 is 0 Å². The van der Waals surface area contributed by atoms with E-state index in [1.54, 1.807) is 19.1 Å². The number of hydrogen-bond acceptors (Lipinski definition) is 3. The molecule has 1 heterocycles. The topological polar surface area (TPSA) is 42.9 Å². The van der Waals surface area contributed by atoms with Crippen molar-refractivity contribution in [1.29, 1.82) is 0 Å². The Morgan fingerprint density at radius 3 is 2.71 bits per heavy atom. The predicted octanol–water partition coefficient (Wildman–Crippen LogP) is 2.79. The summed E-state index contributed by atoms with van der Waals surface area (Å²) in [6, 6.07) is 6.05. The number of ketones is 1. The molecule has 0 radical (unpaired) electrons. The molecule has 17 heavy (non-hydrogen) atoms. The molecule has 0 unspecified atom stereocenters. The molecule has 2 rings (SSSR count). The number of rotatable bonds is 2. The number of benzene rings is 1. The molecule has 0 spiro atoms. The molecule has 0 bridgehead atoms. The molecule has 1 aromatic carbocycles. The minimum absolute atomic E-state index is 0.0757. The molecule has 0 aliphatic rings. The van der Waals surface area contributed by atoms with Crippen molar-refractivity contribution in [1.82, 2.24) is 9.97 Å². The molecule has 0 aliphatic heterocycles. The van der Waals surface area contributed by atoms with Crippen LogP contribution in [0.2, 0.25) is 0 Å². The number of hydrogen-bond donors (Lipinski definition) is 0. The second-order valence-corrected chi connectivity index (χ2v) is 3.76. The number of carbonyl (C=O) groups excluding carboxylic acids is 1. The van der Waals surface area contributed by atoms with Gasteiger partial charge in [-0.2, -0.15) is 0 Å². The molecular weight excluding hydrogens is 219 g/mol. The molecule has 0 saturated heterocycles. The van der Waals surface area contributed by atoms with E-state index in [1.165, 1.54) is 25.3 Å². The molecule has 86 valence electrons. The average molecular weight is 230 g/mol. The molecule has 0 amide bonds. The highest BCUT2D eigenvalue weighted by Crippen LogP contribution is 2.17. The van der Waals surface area contributed by atoms with Crippen molar-refractivity contribution in [2.45, 2.75) is 13.8 Å². The smallest absolute Gasteiger partial charge is 0.163 e. The zero-order valence-electron chi connectivity index (χ0n) is 9.57. The zero-order valence-corrected chi connectivity index (χ0v) is 9.57. The van der Waals surface area contributed by atoms with E-state index in [0.717, 1.165) is 0 Å². The Labute approximate surface area is 98.3 Å². The Bertz CT molecular complexity index is 581. The quantitative estimate of drug-likeness (QED) is 0.745. The molecule has 0 N–H and O–H groups in total. The summed E-state index contributed by atoms with van der Waals surface area (Å²) >= 11 is 0. The molecule has 2 aromatic rings. The summed E-state index contributed by atoms with van der Waals surface area (Å²) in [7, 11) is 0. The lowest BCUT2D eigenvalue weighted by atomic mass is 10.1. The lowest BCUT2D eigenvalue weighted by Crippen LogP contribution is -2.02. The first-order valence-electron chi connectivity index (χ1n) is 5.18. The monoisotopic (exact) mass is 230 g/mol. The average Bonchev–Trinajstić information content (AvgIpc) is 2.28. The summed E-state index contributed by atoms with van der Waals surface area (Å²) in [6.45, 7) is 3.20. The number of Topliss-reactive ketones (excluding diaryl/α,β-unsaturated/α-hetero) is 1. The third-order valence-electron chi connectivity index (χ3n) is 2.44. The van der Waals surface area contributed by atoms with Crippen molar-refractivity contribution in [3.63, 3.8) is 0 Å². The summed E-state index contributed by atoms with van der Waals surface area (Å²) in [5.74, 6) is 0.0136. The minimum atomic E-state index is -0.334. The van der Waals surface area contributed by atoms with Crippen LogP contribution in [0, 0.1) is 12.7 Å². The first-order chi connectivity index (χ1) is 8.08. The summed E-state index contributed by atoms with van der Waals surface area (Å²) in [5.41, 5.74) is 1.69. The molecule has 3 nitrogen and oxygen atoms in total. The first kappa shape index (κ1) is 11.4. The molecular formula is C13H11FN2O. The molecule has 0 fully saturated rings. The minimum Gasteiger partial charge on any atom is -0.294 e. The Morgan fingerprint density at radius 1 is 1.35 bits per heavy atom. The number of halogens is 1. The largest absolute Gasteiger partial charge is 0.294 e. The lowest BCUT2D eigenvalue weighted by molar-refractivity contribution is 0.101. The highest BCUT2D eigenvalue weighted by Gasteiger charge is 2.08. The predicted molar refractivity (Wildman–Crippen MR) is 62.2 cm³/mol. The molecule has 1 aromatic heterocycles. The van der Waals surface area contributed by atoms with Crippen molar-refractivity contribution in [3.05, 3.63) is 47.5 Å². The summed E-state index contributed by atoms with van der Waals surface area (Å²) in [4.78, 5) is 19.5. The van der Waals surface area contributed by atoms with Gasteiger partial charge in [-0.05, 0) is 26.0 Å². The Balaban J connectivity index is 2.48. The van der Waals surface area contributed by atoms with Crippen LogP contribution in [0.4, 0.5) is 4.39 Å². The van der Waals surface area contributed by atoms with Crippen LogP contribution in [-0.2, 0) is 0 Å². The van der Waals surface area contributed by atoms with Gasteiger partial charge in [-0.1, -0.05) is 12.1 Å². The third kappa shape index (κ3) is 2.36. The van der Waals surface area contributed by atoms with Crippen LogP contribution in [0.15, 0.2) is 30.5 Å². The fraction of sp³-hybridized carbons (Fsp3) is 0.154. The van der Waals surface area contributed by atoms with Crippen molar-refractivity contribution in [2.24, 2.45) is 0 Å². The normalized spacial score (nSPS) is 10.3. The van der Waals surface area contributed by atoms with E-state index in [9.17, 15) is 9.18 Å². The maximum absolute atomic E-state index is 13.1. The van der Waals surface area contributed by atoms with Gasteiger partial charge < -0.3 is 0 Å². The number of aromatic nitrogens is 2. The Morgan fingerprint density at radius 2 is 2.12 bits per heavy atom. The Kier molecular flexibility index (Phi) is 2.95. The van der Waals surface area contributed by atoms with Crippen LogP contribution in [0.25, 0.3) is 11.4 Å². The summed E-state index contributed by atoms with van der Waals surface area (Å²) < 4.78 is 13.1. The first-order valence-corrected chi connectivity index (χ1v) is 5.18. The zero-order chi connectivity index (χ0) is 12.4. The van der Waals surface area contributed by atoms with Crippen molar-refractivity contribution >= 4 is 5.78 Å². The summed E-state index contributed by atoms with van der Waals surface area (Å²) in [5, 5.41) is 0. The van der Waals surface area contributed by atoms with Gasteiger partial charge >= 0.3 is 0 Å². The molecule has 0 saturated carbocycles. The van der Waals surface area contributed by atoms with Crippen LogP contribution in [-0.4, -0.2) is 15.8 Å². The number of aryl methyl sites for hydroxylation is 1. The Hall–Kier alpha value is -2.10. The van der Waals surface area contributed by atoms with Crippen molar-refractivity contribution in [3.8, 4) is 11.4 Å². The van der Waals surface area contributed by atoms with Gasteiger partial charge in [-0.3, -0.25) is 4.79 Å². The van der Waals surface area contributed by atoms with E-state index < -0.39 is 0 Å². The van der Waals surface area contributed by atoms with Crippen LogP contribution >= 0.6 is 0 Å². The maximum Gasteiger partial charge on any atom is 0.163 e. The van der Waals surface area contributed by atoms with E-state index in [4.69, 9.17) is 0 Å². The van der Waals surface area contributed by atoms with Gasteiger partial charge in [0.15, 0.2) is 11.6 Å². The highest BCUT2D eigenvalue weighted by atomic mass is 19.1. The van der Waals surface area contributed by atoms with E-state index in [-0.39, 0.29) is 11.6 Å². The van der Waals surface area contributed by atoms with Crippen LogP contribution in [0.1, 0.15) is 23.0 Å². The number of carbonyl (C=O) groups is 1. The second kappa shape index (κ2) is 4.41. The van der Waals surface area contributed by atoms with Gasteiger partial charge in [0.05, 0.1) is 11.3 Å². The van der Waals surface area contributed by atoms with E-state index in [0.29, 0.717) is 22.6 Å². The third-order valence-corrected chi connectivity index (χ3v) is 2.44. The van der Waals surface area contributed by atoms with Gasteiger partial charge in [0, 0.05) is 11.8 Å². The van der Waals surface area contributed by atoms with Gasteiger partial charge in [0.25, 0.3) is 0 Å². The van der Waals surface area contributed by atoms with Crippen molar-refractivity contribution < 1.29 is 9.18 Å². The van der Waals surface area contributed by atoms with Crippen molar-refractivity contribution in [2.75, 3.05) is 0 Å². The number of nitrogens with zero attached hydrogens (tertiary/aromatic N) is 2. The SMILES string of the molecule is CC(=O)c1cnc(-c2cccc(F)c2)nc1C. The van der Waals surface area contributed by atoms with Gasteiger partial charge in [-0.25, -0.2) is 14.4 Å². The van der Waals surface area contributed by atoms with Crippen LogP contribution in [0.5, 0.6) is 0 Å². The van der Waals surface area contributed by atoms with Crippen LogP contribution < -0.4 is 0 Å². The van der Waals surface area contributed by atoms with E-state index in [2.05, 4.69) is 9.97 Å². The van der Waals surface area contributed by atoms with E-state index in [1.807, 2.05) is 0 Å².